The SMILES string of the molecule is CN(C(=O)OC(C)(C)C)C1CCCN1c1ccc(Cl)nc1. The van der Waals surface area contributed by atoms with Gasteiger partial charge in [0.1, 0.15) is 16.9 Å². The summed E-state index contributed by atoms with van der Waals surface area (Å²) in [5.74, 6) is 0. The van der Waals surface area contributed by atoms with Gasteiger partial charge in [0.15, 0.2) is 0 Å². The van der Waals surface area contributed by atoms with Crippen LogP contribution in [0.2, 0.25) is 5.15 Å². The molecular formula is C15H22ClN3O2. The molecule has 5 nitrogen and oxygen atoms in total. The molecule has 0 radical (unpaired) electrons. The molecule has 6 heteroatoms. The Labute approximate surface area is 130 Å². The molecular weight excluding hydrogens is 290 g/mol. The van der Waals surface area contributed by atoms with Crippen LogP contribution in [-0.4, -0.2) is 41.3 Å². The highest BCUT2D eigenvalue weighted by Gasteiger charge is 2.33. The van der Waals surface area contributed by atoms with Crippen LogP contribution in [0.5, 0.6) is 0 Å². The first-order valence-electron chi connectivity index (χ1n) is 7.12. The van der Waals surface area contributed by atoms with Gasteiger partial charge in [0.05, 0.1) is 11.9 Å². The fourth-order valence-electron chi connectivity index (χ4n) is 2.45. The van der Waals surface area contributed by atoms with E-state index in [2.05, 4.69) is 9.88 Å². The van der Waals surface area contributed by atoms with Crippen LogP contribution in [0, 0.1) is 0 Å². The summed E-state index contributed by atoms with van der Waals surface area (Å²) in [4.78, 5) is 20.1. The number of amides is 1. The zero-order chi connectivity index (χ0) is 15.6. The molecule has 0 saturated carbocycles. The van der Waals surface area contributed by atoms with E-state index < -0.39 is 5.60 Å². The largest absolute Gasteiger partial charge is 0.444 e. The molecule has 1 aromatic rings. The number of hydrogen-bond donors (Lipinski definition) is 0. The number of pyridine rings is 1. The van der Waals surface area contributed by atoms with Gasteiger partial charge in [-0.25, -0.2) is 9.78 Å². The van der Waals surface area contributed by atoms with Gasteiger partial charge in [-0.15, -0.1) is 0 Å². The molecule has 0 N–H and O–H groups in total. The van der Waals surface area contributed by atoms with E-state index in [1.54, 1.807) is 24.2 Å². The van der Waals surface area contributed by atoms with Gasteiger partial charge in [-0.3, -0.25) is 4.90 Å². The number of hydrogen-bond acceptors (Lipinski definition) is 4. The van der Waals surface area contributed by atoms with E-state index >= 15 is 0 Å². The van der Waals surface area contributed by atoms with Crippen molar-refractivity contribution in [2.45, 2.75) is 45.4 Å². The molecule has 0 bridgehead atoms. The van der Waals surface area contributed by atoms with E-state index in [1.165, 1.54) is 0 Å². The number of ether oxygens (including phenoxy) is 1. The Bertz CT molecular complexity index is 499. The maximum absolute atomic E-state index is 12.2. The third-order valence-corrected chi connectivity index (χ3v) is 3.62. The molecule has 1 aromatic heterocycles. The normalized spacial score (nSPS) is 18.7. The van der Waals surface area contributed by atoms with E-state index in [0.717, 1.165) is 25.1 Å². The summed E-state index contributed by atoms with van der Waals surface area (Å²) in [7, 11) is 1.78. The first-order valence-corrected chi connectivity index (χ1v) is 7.50. The van der Waals surface area contributed by atoms with Crippen LogP contribution in [0.3, 0.4) is 0 Å². The van der Waals surface area contributed by atoms with Crippen LogP contribution in [0.1, 0.15) is 33.6 Å². The van der Waals surface area contributed by atoms with E-state index in [1.807, 2.05) is 26.8 Å². The fraction of sp³-hybridized carbons (Fsp3) is 0.600. The molecule has 1 atom stereocenters. The molecule has 2 rings (SSSR count). The number of carbonyl (C=O) groups is 1. The van der Waals surface area contributed by atoms with Crippen molar-refractivity contribution in [3.63, 3.8) is 0 Å². The highest BCUT2D eigenvalue weighted by Crippen LogP contribution is 2.28. The summed E-state index contributed by atoms with van der Waals surface area (Å²) >= 11 is 5.83. The van der Waals surface area contributed by atoms with Gasteiger partial charge < -0.3 is 9.64 Å². The second-order valence-corrected chi connectivity index (χ2v) is 6.63. The molecule has 1 aliphatic rings. The summed E-state index contributed by atoms with van der Waals surface area (Å²) in [6, 6.07) is 3.69. The molecule has 1 saturated heterocycles. The number of anilines is 1. The maximum Gasteiger partial charge on any atom is 0.411 e. The molecule has 2 heterocycles. The summed E-state index contributed by atoms with van der Waals surface area (Å²) in [6.45, 7) is 6.50. The minimum Gasteiger partial charge on any atom is -0.444 e. The lowest BCUT2D eigenvalue weighted by atomic mass is 10.2. The van der Waals surface area contributed by atoms with Gasteiger partial charge in [0, 0.05) is 13.6 Å². The molecule has 21 heavy (non-hydrogen) atoms. The topological polar surface area (TPSA) is 45.7 Å². The number of aromatic nitrogens is 1. The number of nitrogens with zero attached hydrogens (tertiary/aromatic N) is 3. The predicted octanol–water partition coefficient (Wildman–Crippen LogP) is 3.53. The van der Waals surface area contributed by atoms with Crippen molar-refractivity contribution in [1.29, 1.82) is 0 Å². The zero-order valence-corrected chi connectivity index (χ0v) is 13.7. The second kappa shape index (κ2) is 6.10. The van der Waals surface area contributed by atoms with E-state index in [-0.39, 0.29) is 12.3 Å². The van der Waals surface area contributed by atoms with Crippen molar-refractivity contribution in [1.82, 2.24) is 9.88 Å². The molecule has 116 valence electrons. The van der Waals surface area contributed by atoms with Gasteiger partial charge in [-0.05, 0) is 45.7 Å². The minimum atomic E-state index is -0.489. The number of halogens is 1. The van der Waals surface area contributed by atoms with Crippen molar-refractivity contribution in [3.05, 3.63) is 23.5 Å². The van der Waals surface area contributed by atoms with Crippen molar-refractivity contribution in [3.8, 4) is 0 Å². The summed E-state index contributed by atoms with van der Waals surface area (Å²) < 4.78 is 5.44. The van der Waals surface area contributed by atoms with Crippen molar-refractivity contribution in [2.24, 2.45) is 0 Å². The first-order chi connectivity index (χ1) is 9.78. The summed E-state index contributed by atoms with van der Waals surface area (Å²) in [6.07, 6.45) is 3.37. The predicted molar refractivity (Wildman–Crippen MR) is 83.6 cm³/mol. The van der Waals surface area contributed by atoms with E-state index in [0.29, 0.717) is 5.15 Å². The number of carbonyl (C=O) groups excluding carboxylic acids is 1. The highest BCUT2D eigenvalue weighted by atomic mass is 35.5. The Morgan fingerprint density at radius 1 is 1.48 bits per heavy atom. The fourth-order valence-corrected chi connectivity index (χ4v) is 2.56. The summed E-state index contributed by atoms with van der Waals surface area (Å²) in [5.41, 5.74) is 0.480. The monoisotopic (exact) mass is 311 g/mol. The zero-order valence-electron chi connectivity index (χ0n) is 13.0. The molecule has 0 aliphatic carbocycles. The highest BCUT2D eigenvalue weighted by molar-refractivity contribution is 6.29. The minimum absolute atomic E-state index is 0.0113. The van der Waals surface area contributed by atoms with Crippen molar-refractivity contribution in [2.75, 3.05) is 18.5 Å². The lowest BCUT2D eigenvalue weighted by Crippen LogP contribution is -2.47. The van der Waals surface area contributed by atoms with E-state index in [4.69, 9.17) is 16.3 Å². The third kappa shape index (κ3) is 4.00. The Hall–Kier alpha value is -1.49. The Kier molecular flexibility index (Phi) is 4.61. The lowest BCUT2D eigenvalue weighted by Gasteiger charge is -2.34. The van der Waals surface area contributed by atoms with Gasteiger partial charge in [0.2, 0.25) is 0 Å². The first kappa shape index (κ1) is 15.9. The molecule has 1 unspecified atom stereocenters. The quantitative estimate of drug-likeness (QED) is 0.784. The molecule has 0 aromatic carbocycles. The smallest absolute Gasteiger partial charge is 0.411 e. The molecule has 1 amide bonds. The van der Waals surface area contributed by atoms with Crippen molar-refractivity contribution < 1.29 is 9.53 Å². The molecule has 0 spiro atoms. The van der Waals surface area contributed by atoms with Crippen LogP contribution in [0.4, 0.5) is 10.5 Å². The van der Waals surface area contributed by atoms with Gasteiger partial charge >= 0.3 is 6.09 Å². The lowest BCUT2D eigenvalue weighted by molar-refractivity contribution is 0.0229. The van der Waals surface area contributed by atoms with Crippen LogP contribution in [0.25, 0.3) is 0 Å². The summed E-state index contributed by atoms with van der Waals surface area (Å²) in [5, 5.41) is 0.468. The molecule has 1 fully saturated rings. The Balaban J connectivity index is 2.11. The maximum atomic E-state index is 12.2. The molecule has 1 aliphatic heterocycles. The average molecular weight is 312 g/mol. The van der Waals surface area contributed by atoms with Crippen LogP contribution in [-0.2, 0) is 4.74 Å². The third-order valence-electron chi connectivity index (χ3n) is 3.39. The van der Waals surface area contributed by atoms with Gasteiger partial charge in [-0.2, -0.15) is 0 Å². The van der Waals surface area contributed by atoms with E-state index in [9.17, 15) is 4.79 Å². The van der Waals surface area contributed by atoms with Crippen LogP contribution < -0.4 is 4.90 Å². The van der Waals surface area contributed by atoms with Gasteiger partial charge in [0.25, 0.3) is 0 Å². The second-order valence-electron chi connectivity index (χ2n) is 6.25. The van der Waals surface area contributed by atoms with Crippen molar-refractivity contribution >= 4 is 23.4 Å². The average Bonchev–Trinajstić information content (AvgIpc) is 2.85. The Morgan fingerprint density at radius 3 is 2.76 bits per heavy atom. The van der Waals surface area contributed by atoms with Crippen LogP contribution in [0.15, 0.2) is 18.3 Å². The Morgan fingerprint density at radius 2 is 2.19 bits per heavy atom. The van der Waals surface area contributed by atoms with Gasteiger partial charge in [-0.1, -0.05) is 11.6 Å². The standard InChI is InChI=1S/C15H22ClN3O2/c1-15(2,3)21-14(20)18(4)13-6-5-9-19(13)11-7-8-12(16)17-10-11/h7-8,10,13H,5-6,9H2,1-4H3. The van der Waals surface area contributed by atoms with Crippen LogP contribution >= 0.6 is 11.6 Å². The number of rotatable bonds is 2.